The zero-order chi connectivity index (χ0) is 15.8. The van der Waals surface area contributed by atoms with Gasteiger partial charge in [-0.1, -0.05) is 22.9 Å². The Morgan fingerprint density at radius 3 is 2.71 bits per heavy atom. The second-order valence-corrected chi connectivity index (χ2v) is 5.84. The Kier molecular flexibility index (Phi) is 4.24. The van der Waals surface area contributed by atoms with Crippen LogP contribution in [0.3, 0.4) is 0 Å². The summed E-state index contributed by atoms with van der Waals surface area (Å²) in [7, 11) is 3.12. The van der Waals surface area contributed by atoms with Crippen molar-refractivity contribution in [3.63, 3.8) is 0 Å². The lowest BCUT2D eigenvalue weighted by molar-refractivity contribution is -0.141. The van der Waals surface area contributed by atoms with E-state index in [1.165, 1.54) is 7.05 Å². The number of imidazole rings is 1. The number of alkyl halides is 3. The van der Waals surface area contributed by atoms with Gasteiger partial charge in [0.2, 0.25) is 0 Å². The Morgan fingerprint density at radius 1 is 1.52 bits per heavy atom. The summed E-state index contributed by atoms with van der Waals surface area (Å²) in [5.41, 5.74) is -1.26. The first-order chi connectivity index (χ1) is 9.70. The summed E-state index contributed by atoms with van der Waals surface area (Å²) in [4.78, 5) is 20.0. The minimum absolute atomic E-state index is 0.0785. The number of hydrogen-bond donors (Lipinski definition) is 0. The predicted octanol–water partition coefficient (Wildman–Crippen LogP) is 2.82. The van der Waals surface area contributed by atoms with Crippen LogP contribution in [0.4, 0.5) is 13.2 Å². The number of halogens is 4. The number of thiazole rings is 1. The topological polar surface area (TPSA) is 51.0 Å². The molecule has 0 saturated carbocycles. The summed E-state index contributed by atoms with van der Waals surface area (Å²) >= 11 is 6.02. The van der Waals surface area contributed by atoms with Crippen LogP contribution in [0, 0.1) is 0 Å². The molecular weight excluding hydrogens is 329 g/mol. The van der Waals surface area contributed by atoms with Crippen LogP contribution in [-0.4, -0.2) is 32.4 Å². The van der Waals surface area contributed by atoms with Gasteiger partial charge in [-0.05, 0) is 0 Å². The highest BCUT2D eigenvalue weighted by Gasteiger charge is 2.40. The molecule has 114 valence electrons. The third-order valence-electron chi connectivity index (χ3n) is 2.71. The Labute approximate surface area is 127 Å². The summed E-state index contributed by atoms with van der Waals surface area (Å²) in [5, 5.41) is 0. The van der Waals surface area contributed by atoms with E-state index in [1.807, 2.05) is 0 Å². The van der Waals surface area contributed by atoms with Crippen molar-refractivity contribution in [2.24, 2.45) is 7.05 Å². The van der Waals surface area contributed by atoms with Crippen molar-refractivity contribution < 1.29 is 18.0 Å². The van der Waals surface area contributed by atoms with Crippen molar-refractivity contribution in [1.29, 1.82) is 0 Å². The number of aryl methyl sites for hydroxylation is 1. The van der Waals surface area contributed by atoms with Crippen molar-refractivity contribution >= 4 is 28.8 Å². The molecule has 0 unspecified atom stereocenters. The van der Waals surface area contributed by atoms with Gasteiger partial charge in [0.25, 0.3) is 5.91 Å². The fourth-order valence-corrected chi connectivity index (χ4v) is 2.76. The van der Waals surface area contributed by atoms with Gasteiger partial charge in [-0.25, -0.2) is 9.97 Å². The SMILES string of the molecule is CN(Cc1nccn1C)C(=O)c1sc(Cl)nc1C(F)(F)F. The molecule has 10 heteroatoms. The van der Waals surface area contributed by atoms with Gasteiger partial charge in [-0.15, -0.1) is 0 Å². The minimum atomic E-state index is -4.72. The fourth-order valence-electron chi connectivity index (χ4n) is 1.64. The molecule has 5 nitrogen and oxygen atoms in total. The molecule has 0 saturated heterocycles. The maximum Gasteiger partial charge on any atom is 0.435 e. The van der Waals surface area contributed by atoms with Gasteiger partial charge in [-0.3, -0.25) is 4.79 Å². The normalized spacial score (nSPS) is 11.7. The van der Waals surface area contributed by atoms with E-state index in [1.54, 1.807) is 24.0 Å². The van der Waals surface area contributed by atoms with Crippen LogP contribution in [0.5, 0.6) is 0 Å². The van der Waals surface area contributed by atoms with Crippen LogP contribution < -0.4 is 0 Å². The van der Waals surface area contributed by atoms with Crippen molar-refractivity contribution in [1.82, 2.24) is 19.4 Å². The summed E-state index contributed by atoms with van der Waals surface area (Å²) < 4.78 is 39.8. The molecule has 0 N–H and O–H groups in total. The lowest BCUT2D eigenvalue weighted by Gasteiger charge is -2.17. The molecule has 0 atom stereocenters. The van der Waals surface area contributed by atoms with Crippen molar-refractivity contribution in [3.05, 3.63) is 33.3 Å². The highest BCUT2D eigenvalue weighted by molar-refractivity contribution is 7.17. The summed E-state index contributed by atoms with van der Waals surface area (Å²) in [6, 6.07) is 0. The van der Waals surface area contributed by atoms with Gasteiger partial charge in [-0.2, -0.15) is 13.2 Å². The van der Waals surface area contributed by atoms with E-state index in [0.29, 0.717) is 17.2 Å². The van der Waals surface area contributed by atoms with Gasteiger partial charge >= 0.3 is 6.18 Å². The van der Waals surface area contributed by atoms with Crippen LogP contribution in [0.25, 0.3) is 0 Å². The largest absolute Gasteiger partial charge is 0.435 e. The first-order valence-electron chi connectivity index (χ1n) is 5.65. The molecule has 0 aliphatic heterocycles. The van der Waals surface area contributed by atoms with Gasteiger partial charge in [0, 0.05) is 26.5 Å². The molecule has 1 amide bonds. The Morgan fingerprint density at radius 2 is 2.19 bits per heavy atom. The fraction of sp³-hybridized carbons (Fsp3) is 0.364. The van der Waals surface area contributed by atoms with E-state index in [-0.39, 0.29) is 11.0 Å². The molecule has 0 spiro atoms. The summed E-state index contributed by atoms with van der Waals surface area (Å²) in [6.07, 6.45) is -1.50. The summed E-state index contributed by atoms with van der Waals surface area (Å²) in [6.45, 7) is 0.0785. The van der Waals surface area contributed by atoms with Crippen LogP contribution in [0.15, 0.2) is 12.4 Å². The van der Waals surface area contributed by atoms with Crippen LogP contribution in [-0.2, 0) is 19.8 Å². The van der Waals surface area contributed by atoms with Crippen molar-refractivity contribution in [2.75, 3.05) is 7.05 Å². The van der Waals surface area contributed by atoms with Crippen LogP contribution in [0.2, 0.25) is 4.47 Å². The molecule has 0 radical (unpaired) electrons. The van der Waals surface area contributed by atoms with E-state index < -0.39 is 22.7 Å². The minimum Gasteiger partial charge on any atom is -0.337 e. The molecule has 2 aromatic rings. The van der Waals surface area contributed by atoms with E-state index in [0.717, 1.165) is 4.90 Å². The zero-order valence-electron chi connectivity index (χ0n) is 11.0. The third kappa shape index (κ3) is 3.35. The van der Waals surface area contributed by atoms with Crippen molar-refractivity contribution in [3.8, 4) is 0 Å². The standard InChI is InChI=1S/C11H10ClF3N4OS/c1-18-4-3-16-6(18)5-19(2)9(20)7-8(11(13,14)15)17-10(12)21-7/h3-4H,5H2,1-2H3. The molecule has 0 aliphatic rings. The quantitative estimate of drug-likeness (QED) is 0.864. The molecule has 2 heterocycles. The Balaban J connectivity index is 2.26. The van der Waals surface area contributed by atoms with E-state index in [2.05, 4.69) is 9.97 Å². The highest BCUT2D eigenvalue weighted by Crippen LogP contribution is 2.36. The lowest BCUT2D eigenvalue weighted by atomic mass is 10.3. The number of nitrogens with zero attached hydrogens (tertiary/aromatic N) is 4. The van der Waals surface area contributed by atoms with Crippen molar-refractivity contribution in [2.45, 2.75) is 12.7 Å². The van der Waals surface area contributed by atoms with E-state index in [4.69, 9.17) is 11.6 Å². The third-order valence-corrected chi connectivity index (χ3v) is 3.86. The number of rotatable bonds is 3. The number of amides is 1. The molecule has 21 heavy (non-hydrogen) atoms. The summed E-state index contributed by atoms with van der Waals surface area (Å²) in [5.74, 6) is -0.246. The second kappa shape index (κ2) is 5.64. The monoisotopic (exact) mass is 338 g/mol. The smallest absolute Gasteiger partial charge is 0.337 e. The molecule has 2 rings (SSSR count). The Hall–Kier alpha value is -1.61. The van der Waals surface area contributed by atoms with E-state index in [9.17, 15) is 18.0 Å². The maximum atomic E-state index is 12.8. The van der Waals surface area contributed by atoms with Gasteiger partial charge < -0.3 is 9.47 Å². The Bertz CT molecular complexity index is 667. The van der Waals surface area contributed by atoms with Gasteiger partial charge in [0.05, 0.1) is 6.54 Å². The molecule has 0 fully saturated rings. The predicted molar refractivity (Wildman–Crippen MR) is 71.1 cm³/mol. The number of carbonyl (C=O) groups is 1. The molecule has 0 bridgehead atoms. The van der Waals surface area contributed by atoms with Gasteiger partial charge in [0.15, 0.2) is 10.2 Å². The first kappa shape index (κ1) is 15.8. The molecule has 2 aromatic heterocycles. The van der Waals surface area contributed by atoms with Crippen LogP contribution >= 0.6 is 22.9 Å². The van der Waals surface area contributed by atoms with Gasteiger partial charge in [0.1, 0.15) is 10.7 Å². The molecule has 0 aliphatic carbocycles. The molecule has 0 aromatic carbocycles. The second-order valence-electron chi connectivity index (χ2n) is 4.26. The van der Waals surface area contributed by atoms with Crippen LogP contribution in [0.1, 0.15) is 21.2 Å². The average molecular weight is 339 g/mol. The number of hydrogen-bond acceptors (Lipinski definition) is 4. The highest BCUT2D eigenvalue weighted by atomic mass is 35.5. The first-order valence-corrected chi connectivity index (χ1v) is 6.84. The number of carbonyl (C=O) groups excluding carboxylic acids is 1. The maximum absolute atomic E-state index is 12.8. The van der Waals surface area contributed by atoms with E-state index >= 15 is 0 Å². The zero-order valence-corrected chi connectivity index (χ0v) is 12.6. The lowest BCUT2D eigenvalue weighted by Crippen LogP contribution is -2.28. The average Bonchev–Trinajstić information content (AvgIpc) is 2.95. The molecular formula is C11H10ClF3N4OS. The number of aromatic nitrogens is 3.